The van der Waals surface area contributed by atoms with Gasteiger partial charge in [0, 0.05) is 11.3 Å². The lowest BCUT2D eigenvalue weighted by Crippen LogP contribution is -2.18. The van der Waals surface area contributed by atoms with Crippen LogP contribution in [-0.2, 0) is 10.0 Å². The van der Waals surface area contributed by atoms with Crippen molar-refractivity contribution >= 4 is 27.8 Å². The minimum Gasteiger partial charge on any atom is -0.463 e. The number of anilines is 1. The first kappa shape index (κ1) is 18.4. The number of nitrogens with zero attached hydrogens (tertiary/aromatic N) is 1. The Bertz CT molecular complexity index is 1040. The van der Waals surface area contributed by atoms with E-state index in [4.69, 9.17) is 4.42 Å². The van der Waals surface area contributed by atoms with Crippen molar-refractivity contribution in [3.05, 3.63) is 83.8 Å². The normalized spacial score (nSPS) is 11.4. The number of amides is 1. The van der Waals surface area contributed by atoms with E-state index >= 15 is 0 Å². The van der Waals surface area contributed by atoms with Crippen molar-refractivity contribution in [2.45, 2.75) is 11.8 Å². The van der Waals surface area contributed by atoms with Gasteiger partial charge in [-0.2, -0.15) is 5.10 Å². The summed E-state index contributed by atoms with van der Waals surface area (Å²) in [7, 11) is -3.69. The molecular weight excluding hydrogens is 366 g/mol. The minimum atomic E-state index is -3.69. The van der Waals surface area contributed by atoms with Crippen molar-refractivity contribution in [1.82, 2.24) is 5.43 Å². The molecule has 1 aromatic heterocycles. The van der Waals surface area contributed by atoms with Crippen LogP contribution >= 0.6 is 0 Å². The Hall–Kier alpha value is -3.39. The molecule has 0 aliphatic heterocycles. The van der Waals surface area contributed by atoms with Crippen LogP contribution in [0.1, 0.15) is 21.7 Å². The number of hydrazone groups is 1. The molecule has 2 N–H and O–H groups in total. The smallest absolute Gasteiger partial charge is 0.271 e. The number of carbonyl (C=O) groups excluding carboxylic acids is 1. The van der Waals surface area contributed by atoms with Crippen LogP contribution in [0, 0.1) is 6.92 Å². The maximum Gasteiger partial charge on any atom is 0.271 e. The fourth-order valence-electron chi connectivity index (χ4n) is 2.20. The van der Waals surface area contributed by atoms with Gasteiger partial charge in [0.15, 0.2) is 0 Å². The van der Waals surface area contributed by atoms with Crippen molar-refractivity contribution in [2.24, 2.45) is 5.10 Å². The Labute approximate surface area is 156 Å². The maximum atomic E-state index is 12.4. The predicted molar refractivity (Wildman–Crippen MR) is 102 cm³/mol. The van der Waals surface area contributed by atoms with Crippen LogP contribution in [0.3, 0.4) is 0 Å². The van der Waals surface area contributed by atoms with Gasteiger partial charge in [0.25, 0.3) is 15.9 Å². The molecular formula is C19H17N3O4S. The van der Waals surface area contributed by atoms with E-state index < -0.39 is 15.9 Å². The maximum absolute atomic E-state index is 12.4. The van der Waals surface area contributed by atoms with Crippen LogP contribution in [0.25, 0.3) is 0 Å². The molecule has 0 saturated heterocycles. The summed E-state index contributed by atoms with van der Waals surface area (Å²) in [6, 6.07) is 16.0. The summed E-state index contributed by atoms with van der Waals surface area (Å²) in [4.78, 5) is 12.2. The summed E-state index contributed by atoms with van der Waals surface area (Å²) in [6.45, 7) is 1.88. The summed E-state index contributed by atoms with van der Waals surface area (Å²) in [6.07, 6.45) is 2.88. The highest BCUT2D eigenvalue weighted by atomic mass is 32.2. The Morgan fingerprint density at radius 1 is 1.04 bits per heavy atom. The van der Waals surface area contributed by atoms with E-state index in [-0.39, 0.29) is 4.90 Å². The fourth-order valence-corrected chi connectivity index (χ4v) is 3.26. The van der Waals surface area contributed by atoms with E-state index in [9.17, 15) is 13.2 Å². The number of furan rings is 1. The topological polar surface area (TPSA) is 101 Å². The first-order valence-electron chi connectivity index (χ1n) is 8.00. The van der Waals surface area contributed by atoms with Gasteiger partial charge in [0.2, 0.25) is 0 Å². The van der Waals surface area contributed by atoms with Gasteiger partial charge in [-0.25, -0.2) is 13.8 Å². The summed E-state index contributed by atoms with van der Waals surface area (Å²) < 4.78 is 32.3. The molecule has 0 bridgehead atoms. The lowest BCUT2D eigenvalue weighted by Gasteiger charge is -2.09. The lowest BCUT2D eigenvalue weighted by atomic mass is 10.2. The first-order chi connectivity index (χ1) is 12.9. The number of rotatable bonds is 6. The summed E-state index contributed by atoms with van der Waals surface area (Å²) in [5.74, 6) is 0.0851. The SMILES string of the molecule is Cc1ccc(S(=O)(=O)Nc2ccc(C(=O)NN=Cc3ccco3)cc2)cc1. The van der Waals surface area contributed by atoms with Gasteiger partial charge in [-0.15, -0.1) is 0 Å². The third-order valence-corrected chi connectivity index (χ3v) is 5.03. The molecule has 1 amide bonds. The second-order valence-electron chi connectivity index (χ2n) is 5.71. The molecule has 3 rings (SSSR count). The van der Waals surface area contributed by atoms with E-state index in [1.54, 1.807) is 24.3 Å². The van der Waals surface area contributed by atoms with Crippen LogP contribution in [0.2, 0.25) is 0 Å². The molecule has 7 nitrogen and oxygen atoms in total. The van der Waals surface area contributed by atoms with Gasteiger partial charge in [-0.1, -0.05) is 17.7 Å². The number of hydrogen-bond donors (Lipinski definition) is 2. The van der Waals surface area contributed by atoms with Gasteiger partial charge in [-0.3, -0.25) is 9.52 Å². The van der Waals surface area contributed by atoms with Crippen molar-refractivity contribution in [2.75, 3.05) is 4.72 Å². The molecule has 0 saturated carbocycles. The molecule has 0 atom stereocenters. The summed E-state index contributed by atoms with van der Waals surface area (Å²) in [5, 5.41) is 3.79. The van der Waals surface area contributed by atoms with E-state index in [1.165, 1.54) is 48.9 Å². The zero-order chi connectivity index (χ0) is 19.3. The van der Waals surface area contributed by atoms with Crippen LogP contribution in [-0.4, -0.2) is 20.5 Å². The Morgan fingerprint density at radius 3 is 2.37 bits per heavy atom. The average molecular weight is 383 g/mol. The van der Waals surface area contributed by atoms with E-state index in [0.717, 1.165) is 5.56 Å². The van der Waals surface area contributed by atoms with Crippen molar-refractivity contribution < 1.29 is 17.6 Å². The number of nitrogens with one attached hydrogen (secondary N) is 2. The first-order valence-corrected chi connectivity index (χ1v) is 9.49. The highest BCUT2D eigenvalue weighted by molar-refractivity contribution is 7.92. The third kappa shape index (κ3) is 4.83. The molecule has 3 aromatic rings. The molecule has 0 fully saturated rings. The van der Waals surface area contributed by atoms with Crippen molar-refractivity contribution in [1.29, 1.82) is 0 Å². The van der Waals surface area contributed by atoms with Crippen LogP contribution in [0.15, 0.2) is 81.3 Å². The molecule has 0 aliphatic carbocycles. The third-order valence-electron chi connectivity index (χ3n) is 3.63. The molecule has 0 radical (unpaired) electrons. The largest absolute Gasteiger partial charge is 0.463 e. The molecule has 0 aliphatic rings. The highest BCUT2D eigenvalue weighted by Gasteiger charge is 2.14. The fraction of sp³-hybridized carbons (Fsp3) is 0.0526. The number of benzene rings is 2. The Balaban J connectivity index is 1.64. The van der Waals surface area contributed by atoms with Crippen LogP contribution in [0.4, 0.5) is 5.69 Å². The monoisotopic (exact) mass is 383 g/mol. The second-order valence-corrected chi connectivity index (χ2v) is 7.39. The Morgan fingerprint density at radius 2 is 1.74 bits per heavy atom. The van der Waals surface area contributed by atoms with Gasteiger partial charge in [0.1, 0.15) is 5.76 Å². The zero-order valence-electron chi connectivity index (χ0n) is 14.4. The lowest BCUT2D eigenvalue weighted by molar-refractivity contribution is 0.0955. The number of carbonyl (C=O) groups is 1. The van der Waals surface area contributed by atoms with Crippen molar-refractivity contribution in [3.8, 4) is 0 Å². The molecule has 0 spiro atoms. The van der Waals surface area contributed by atoms with Gasteiger partial charge >= 0.3 is 0 Å². The molecule has 138 valence electrons. The van der Waals surface area contributed by atoms with Gasteiger partial charge in [-0.05, 0) is 55.5 Å². The zero-order valence-corrected chi connectivity index (χ0v) is 15.2. The van der Waals surface area contributed by atoms with Crippen LogP contribution in [0.5, 0.6) is 0 Å². The van der Waals surface area contributed by atoms with E-state index in [1.807, 2.05) is 6.92 Å². The summed E-state index contributed by atoms with van der Waals surface area (Å²) >= 11 is 0. The molecule has 2 aromatic carbocycles. The molecule has 8 heteroatoms. The standard InChI is InChI=1S/C19H17N3O4S/c1-14-4-10-18(11-5-14)27(24,25)22-16-8-6-15(7-9-16)19(23)21-20-13-17-3-2-12-26-17/h2-13,22H,1H3,(H,21,23). The number of sulfonamides is 1. The van der Waals surface area contributed by atoms with Gasteiger partial charge < -0.3 is 4.42 Å². The average Bonchev–Trinajstić information content (AvgIpc) is 3.16. The molecule has 27 heavy (non-hydrogen) atoms. The van der Waals surface area contributed by atoms with E-state index in [2.05, 4.69) is 15.2 Å². The Kier molecular flexibility index (Phi) is 5.37. The molecule has 1 heterocycles. The second kappa shape index (κ2) is 7.88. The number of aryl methyl sites for hydroxylation is 1. The van der Waals surface area contributed by atoms with Gasteiger partial charge in [0.05, 0.1) is 17.4 Å². The highest BCUT2D eigenvalue weighted by Crippen LogP contribution is 2.17. The minimum absolute atomic E-state index is 0.169. The predicted octanol–water partition coefficient (Wildman–Crippen LogP) is 3.15. The summed E-state index contributed by atoms with van der Waals surface area (Å²) in [5.41, 5.74) is 4.03. The molecule has 0 unspecified atom stereocenters. The quantitative estimate of drug-likeness (QED) is 0.504. The van der Waals surface area contributed by atoms with Crippen molar-refractivity contribution in [3.63, 3.8) is 0 Å². The number of hydrogen-bond acceptors (Lipinski definition) is 5. The van der Waals surface area contributed by atoms with Crippen LogP contribution < -0.4 is 10.1 Å². The van der Waals surface area contributed by atoms with E-state index in [0.29, 0.717) is 17.0 Å².